The fourth-order valence-corrected chi connectivity index (χ4v) is 2.16. The number of hydrogen-bond acceptors (Lipinski definition) is 3. The number of alkyl halides is 4. The molecule has 1 aliphatic carbocycles. The van der Waals surface area contributed by atoms with E-state index in [1.54, 1.807) is 0 Å². The highest BCUT2D eigenvalue weighted by atomic mass is 19.4. The van der Waals surface area contributed by atoms with Crippen LogP contribution in [-0.4, -0.2) is 29.2 Å². The summed E-state index contributed by atoms with van der Waals surface area (Å²) in [7, 11) is 1.53. The van der Waals surface area contributed by atoms with Gasteiger partial charge >= 0.3 is 6.18 Å². The maximum absolute atomic E-state index is 13.5. The Labute approximate surface area is 102 Å². The van der Waals surface area contributed by atoms with Gasteiger partial charge in [-0.25, -0.2) is 14.4 Å². The van der Waals surface area contributed by atoms with Crippen molar-refractivity contribution in [1.29, 1.82) is 0 Å². The maximum atomic E-state index is 13.5. The van der Waals surface area contributed by atoms with Gasteiger partial charge < -0.3 is 4.90 Å². The second-order valence-electron chi connectivity index (χ2n) is 4.36. The third-order valence-corrected chi connectivity index (χ3v) is 3.14. The smallest absolute Gasteiger partial charge is 0.338 e. The van der Waals surface area contributed by atoms with E-state index in [2.05, 4.69) is 9.97 Å². The molecule has 1 saturated carbocycles. The topological polar surface area (TPSA) is 29.0 Å². The molecule has 0 radical (unpaired) electrons. The van der Waals surface area contributed by atoms with Crippen LogP contribution in [0.25, 0.3) is 0 Å². The molecule has 0 unspecified atom stereocenters. The van der Waals surface area contributed by atoms with Gasteiger partial charge in [-0.2, -0.15) is 13.2 Å². The molecule has 0 saturated heterocycles. The van der Waals surface area contributed by atoms with Crippen molar-refractivity contribution >= 4 is 5.95 Å². The number of aromatic nitrogens is 2. The normalized spacial score (nSPS) is 24.3. The van der Waals surface area contributed by atoms with Gasteiger partial charge in [0.2, 0.25) is 5.95 Å². The standard InChI is InChI=1S/C11H13F4N3/c1-18(8-4-2-3-7(8)12)10-16-6-5-9(17-10)11(13,14)15/h5-8H,2-4H2,1H3/t7-,8-/m1/s1. The molecule has 0 spiro atoms. The maximum Gasteiger partial charge on any atom is 0.433 e. The minimum absolute atomic E-state index is 0.0839. The van der Waals surface area contributed by atoms with Crippen molar-refractivity contribution in [2.24, 2.45) is 0 Å². The van der Waals surface area contributed by atoms with Crippen LogP contribution in [-0.2, 0) is 6.18 Å². The highest BCUT2D eigenvalue weighted by Crippen LogP contribution is 2.31. The Balaban J connectivity index is 2.23. The van der Waals surface area contributed by atoms with E-state index in [1.165, 1.54) is 11.9 Å². The lowest BCUT2D eigenvalue weighted by atomic mass is 10.2. The largest absolute Gasteiger partial charge is 0.433 e. The van der Waals surface area contributed by atoms with Gasteiger partial charge in [-0.1, -0.05) is 0 Å². The summed E-state index contributed by atoms with van der Waals surface area (Å²) in [4.78, 5) is 8.62. The molecule has 0 aromatic carbocycles. The average molecular weight is 263 g/mol. The van der Waals surface area contributed by atoms with E-state index in [4.69, 9.17) is 0 Å². The Hall–Kier alpha value is -1.40. The first-order valence-corrected chi connectivity index (χ1v) is 5.67. The summed E-state index contributed by atoms with van der Waals surface area (Å²) in [5.41, 5.74) is -1.01. The van der Waals surface area contributed by atoms with Gasteiger partial charge in [0.25, 0.3) is 0 Å². The molecule has 3 nitrogen and oxygen atoms in total. The Morgan fingerprint density at radius 2 is 2.06 bits per heavy atom. The lowest BCUT2D eigenvalue weighted by molar-refractivity contribution is -0.141. The highest BCUT2D eigenvalue weighted by molar-refractivity contribution is 5.32. The van der Waals surface area contributed by atoms with Crippen molar-refractivity contribution in [3.8, 4) is 0 Å². The molecule has 0 amide bonds. The Kier molecular flexibility index (Phi) is 3.41. The molecule has 1 aromatic heterocycles. The second kappa shape index (κ2) is 4.70. The molecule has 0 aliphatic heterocycles. The molecule has 1 fully saturated rings. The van der Waals surface area contributed by atoms with Crippen LogP contribution in [0.2, 0.25) is 0 Å². The Bertz CT molecular complexity index is 421. The quantitative estimate of drug-likeness (QED) is 0.768. The molecule has 1 aromatic rings. The van der Waals surface area contributed by atoms with E-state index >= 15 is 0 Å². The van der Waals surface area contributed by atoms with E-state index in [0.717, 1.165) is 18.7 Å². The van der Waals surface area contributed by atoms with Gasteiger partial charge in [-0.05, 0) is 25.3 Å². The zero-order valence-electron chi connectivity index (χ0n) is 9.78. The minimum atomic E-state index is -4.51. The number of hydrogen-bond donors (Lipinski definition) is 0. The lowest BCUT2D eigenvalue weighted by Gasteiger charge is -2.26. The van der Waals surface area contributed by atoms with Crippen LogP contribution < -0.4 is 4.90 Å². The van der Waals surface area contributed by atoms with Crippen molar-refractivity contribution in [1.82, 2.24) is 9.97 Å². The van der Waals surface area contributed by atoms with Crippen LogP contribution in [0.3, 0.4) is 0 Å². The summed E-state index contributed by atoms with van der Waals surface area (Å²) in [5.74, 6) is -0.0839. The third kappa shape index (κ3) is 2.54. The Morgan fingerprint density at radius 1 is 1.33 bits per heavy atom. The molecule has 1 heterocycles. The monoisotopic (exact) mass is 263 g/mol. The van der Waals surface area contributed by atoms with E-state index in [-0.39, 0.29) is 5.95 Å². The summed E-state index contributed by atoms with van der Waals surface area (Å²) < 4.78 is 51.0. The molecule has 100 valence electrons. The molecule has 0 N–H and O–H groups in total. The number of nitrogens with zero attached hydrogens (tertiary/aromatic N) is 3. The summed E-state index contributed by atoms with van der Waals surface area (Å²) in [5, 5.41) is 0. The zero-order chi connectivity index (χ0) is 13.3. The van der Waals surface area contributed by atoms with E-state index in [0.29, 0.717) is 12.8 Å². The van der Waals surface area contributed by atoms with Gasteiger partial charge in [0.05, 0.1) is 6.04 Å². The second-order valence-corrected chi connectivity index (χ2v) is 4.36. The summed E-state index contributed by atoms with van der Waals surface area (Å²) in [6, 6.07) is 0.368. The highest BCUT2D eigenvalue weighted by Gasteiger charge is 2.35. The Morgan fingerprint density at radius 3 is 2.61 bits per heavy atom. The molecule has 1 aliphatic rings. The minimum Gasteiger partial charge on any atom is -0.338 e. The fraction of sp³-hybridized carbons (Fsp3) is 0.636. The van der Waals surface area contributed by atoms with Crippen LogP contribution in [0.1, 0.15) is 25.0 Å². The summed E-state index contributed by atoms with van der Waals surface area (Å²) >= 11 is 0. The first kappa shape index (κ1) is 13.0. The summed E-state index contributed by atoms with van der Waals surface area (Å²) in [6.45, 7) is 0. The predicted molar refractivity (Wildman–Crippen MR) is 58.0 cm³/mol. The van der Waals surface area contributed by atoms with Crippen LogP contribution in [0, 0.1) is 0 Å². The molecule has 0 bridgehead atoms. The number of anilines is 1. The van der Waals surface area contributed by atoms with Crippen molar-refractivity contribution < 1.29 is 17.6 Å². The molecule has 18 heavy (non-hydrogen) atoms. The van der Waals surface area contributed by atoms with Crippen LogP contribution in [0.4, 0.5) is 23.5 Å². The molecule has 2 atom stereocenters. The van der Waals surface area contributed by atoms with E-state index in [1.807, 2.05) is 0 Å². The van der Waals surface area contributed by atoms with E-state index < -0.39 is 24.1 Å². The van der Waals surface area contributed by atoms with Gasteiger partial charge in [0, 0.05) is 13.2 Å². The first-order chi connectivity index (χ1) is 8.39. The van der Waals surface area contributed by atoms with Gasteiger partial charge in [-0.15, -0.1) is 0 Å². The van der Waals surface area contributed by atoms with E-state index in [9.17, 15) is 17.6 Å². The first-order valence-electron chi connectivity index (χ1n) is 5.67. The average Bonchev–Trinajstić information content (AvgIpc) is 2.73. The molecular weight excluding hydrogens is 250 g/mol. The van der Waals surface area contributed by atoms with Crippen LogP contribution in [0.15, 0.2) is 12.3 Å². The number of halogens is 4. The number of rotatable bonds is 2. The van der Waals surface area contributed by atoms with Crippen molar-refractivity contribution in [3.63, 3.8) is 0 Å². The van der Waals surface area contributed by atoms with Gasteiger partial charge in [0.1, 0.15) is 11.9 Å². The third-order valence-electron chi connectivity index (χ3n) is 3.14. The zero-order valence-corrected chi connectivity index (χ0v) is 9.78. The molecular formula is C11H13F4N3. The predicted octanol–water partition coefficient (Wildman–Crippen LogP) is 2.82. The molecule has 7 heteroatoms. The molecule has 2 rings (SSSR count). The summed E-state index contributed by atoms with van der Waals surface area (Å²) in [6.07, 6.45) is -2.72. The SMILES string of the molecule is CN(c1nccc(C(F)(F)F)n1)[C@@H]1CCC[C@H]1F. The van der Waals surface area contributed by atoms with Crippen molar-refractivity contribution in [2.75, 3.05) is 11.9 Å². The van der Waals surface area contributed by atoms with Crippen molar-refractivity contribution in [3.05, 3.63) is 18.0 Å². The lowest BCUT2D eigenvalue weighted by Crippen LogP contribution is -2.37. The van der Waals surface area contributed by atoms with Gasteiger partial charge in [-0.3, -0.25) is 0 Å². The fourth-order valence-electron chi connectivity index (χ4n) is 2.16. The van der Waals surface area contributed by atoms with Gasteiger partial charge in [0.15, 0.2) is 0 Å². The van der Waals surface area contributed by atoms with Crippen molar-refractivity contribution in [2.45, 2.75) is 37.7 Å². The van der Waals surface area contributed by atoms with Crippen LogP contribution >= 0.6 is 0 Å². The van der Waals surface area contributed by atoms with Crippen LogP contribution in [0.5, 0.6) is 0 Å².